The van der Waals surface area contributed by atoms with Gasteiger partial charge in [0.2, 0.25) is 0 Å². The van der Waals surface area contributed by atoms with Gasteiger partial charge in [-0.2, -0.15) is 0 Å². The van der Waals surface area contributed by atoms with Gasteiger partial charge in [0, 0.05) is 38.0 Å². The highest BCUT2D eigenvalue weighted by atomic mass is 16.3. The molecule has 3 N–H and O–H groups in total. The van der Waals surface area contributed by atoms with Crippen LogP contribution >= 0.6 is 0 Å². The molecule has 0 aromatic carbocycles. The van der Waals surface area contributed by atoms with Crippen molar-refractivity contribution in [3.8, 4) is 0 Å². The van der Waals surface area contributed by atoms with Gasteiger partial charge >= 0.3 is 6.03 Å². The second kappa shape index (κ2) is 7.83. The van der Waals surface area contributed by atoms with Gasteiger partial charge in [-0.05, 0) is 31.4 Å². The van der Waals surface area contributed by atoms with Gasteiger partial charge in [0.1, 0.15) is 5.82 Å². The number of anilines is 1. The van der Waals surface area contributed by atoms with E-state index in [2.05, 4.69) is 20.5 Å². The molecule has 1 aromatic heterocycles. The summed E-state index contributed by atoms with van der Waals surface area (Å²) in [5.41, 5.74) is 0. The van der Waals surface area contributed by atoms with E-state index in [9.17, 15) is 4.79 Å². The Morgan fingerprint density at radius 2 is 2.43 bits per heavy atom. The molecule has 2 atom stereocenters. The van der Waals surface area contributed by atoms with Crippen molar-refractivity contribution in [2.45, 2.75) is 38.3 Å². The maximum Gasteiger partial charge on any atom is 0.315 e. The van der Waals surface area contributed by atoms with E-state index >= 15 is 0 Å². The minimum absolute atomic E-state index is 0.0308. The summed E-state index contributed by atoms with van der Waals surface area (Å²) in [6.45, 7) is 3.77. The van der Waals surface area contributed by atoms with Crippen molar-refractivity contribution < 1.29 is 9.90 Å². The number of amides is 2. The highest BCUT2D eigenvalue weighted by Crippen LogP contribution is 2.17. The van der Waals surface area contributed by atoms with Crippen LogP contribution < -0.4 is 15.5 Å². The molecular weight excluding hydrogens is 268 g/mol. The zero-order chi connectivity index (χ0) is 15.1. The first kappa shape index (κ1) is 15.6. The van der Waals surface area contributed by atoms with E-state index in [-0.39, 0.29) is 24.7 Å². The molecule has 1 saturated heterocycles. The minimum atomic E-state index is -0.150. The van der Waals surface area contributed by atoms with E-state index < -0.39 is 0 Å². The van der Waals surface area contributed by atoms with E-state index in [0.29, 0.717) is 6.42 Å². The Morgan fingerprint density at radius 3 is 3.10 bits per heavy atom. The Kier molecular flexibility index (Phi) is 5.80. The molecule has 0 aliphatic carbocycles. The van der Waals surface area contributed by atoms with Crippen molar-refractivity contribution >= 4 is 11.8 Å². The number of carbonyl (C=O) groups is 1. The van der Waals surface area contributed by atoms with Gasteiger partial charge in [0.25, 0.3) is 0 Å². The first-order chi connectivity index (χ1) is 10.2. The molecule has 6 nitrogen and oxygen atoms in total. The van der Waals surface area contributed by atoms with Crippen LogP contribution in [0.4, 0.5) is 10.6 Å². The lowest BCUT2D eigenvalue weighted by atomic mass is 10.1. The zero-order valence-corrected chi connectivity index (χ0v) is 12.5. The maximum absolute atomic E-state index is 11.9. The summed E-state index contributed by atoms with van der Waals surface area (Å²) in [5, 5.41) is 14.8. The molecule has 1 aromatic rings. The average Bonchev–Trinajstić information content (AvgIpc) is 2.96. The van der Waals surface area contributed by atoms with Crippen LogP contribution in [0.2, 0.25) is 0 Å². The van der Waals surface area contributed by atoms with E-state index in [1.165, 1.54) is 0 Å². The van der Waals surface area contributed by atoms with Crippen LogP contribution in [0.15, 0.2) is 24.4 Å². The number of aliphatic hydroxyl groups excluding tert-OH is 1. The number of nitrogens with one attached hydrogen (secondary N) is 2. The molecule has 1 aliphatic heterocycles. The predicted molar refractivity (Wildman–Crippen MR) is 82.3 cm³/mol. The average molecular weight is 292 g/mol. The molecule has 116 valence electrons. The lowest BCUT2D eigenvalue weighted by Gasteiger charge is -2.20. The number of urea groups is 1. The number of aromatic nitrogens is 1. The Hall–Kier alpha value is -1.82. The lowest BCUT2D eigenvalue weighted by Crippen LogP contribution is -2.47. The SMILES string of the molecule is CCC(CCO)NC(=O)NC1CCN(c2ccccn2)C1. The molecule has 0 radical (unpaired) electrons. The van der Waals surface area contributed by atoms with Crippen LogP contribution in [-0.2, 0) is 0 Å². The van der Waals surface area contributed by atoms with Gasteiger partial charge in [-0.15, -0.1) is 0 Å². The zero-order valence-electron chi connectivity index (χ0n) is 12.5. The van der Waals surface area contributed by atoms with Crippen molar-refractivity contribution in [2.24, 2.45) is 0 Å². The molecule has 2 rings (SSSR count). The van der Waals surface area contributed by atoms with Gasteiger partial charge in [-0.1, -0.05) is 13.0 Å². The summed E-state index contributed by atoms with van der Waals surface area (Å²) >= 11 is 0. The van der Waals surface area contributed by atoms with E-state index in [1.54, 1.807) is 6.20 Å². The summed E-state index contributed by atoms with van der Waals surface area (Å²) in [7, 11) is 0. The van der Waals surface area contributed by atoms with Crippen LogP contribution in [0, 0.1) is 0 Å². The fourth-order valence-electron chi connectivity index (χ4n) is 2.57. The number of nitrogens with zero attached hydrogens (tertiary/aromatic N) is 2. The largest absolute Gasteiger partial charge is 0.396 e. The third-order valence-corrected chi connectivity index (χ3v) is 3.80. The topological polar surface area (TPSA) is 77.5 Å². The molecule has 0 saturated carbocycles. The summed E-state index contributed by atoms with van der Waals surface area (Å²) < 4.78 is 0. The summed E-state index contributed by atoms with van der Waals surface area (Å²) in [6, 6.07) is 5.87. The second-order valence-corrected chi connectivity index (χ2v) is 5.35. The fourth-order valence-corrected chi connectivity index (χ4v) is 2.57. The molecule has 2 amide bonds. The third kappa shape index (κ3) is 4.60. The maximum atomic E-state index is 11.9. The lowest BCUT2D eigenvalue weighted by molar-refractivity contribution is 0.225. The number of aliphatic hydroxyl groups is 1. The van der Waals surface area contributed by atoms with Crippen molar-refractivity contribution in [1.29, 1.82) is 0 Å². The summed E-state index contributed by atoms with van der Waals surface area (Å²) in [4.78, 5) is 18.5. The van der Waals surface area contributed by atoms with Crippen LogP contribution in [0.3, 0.4) is 0 Å². The highest BCUT2D eigenvalue weighted by Gasteiger charge is 2.25. The smallest absolute Gasteiger partial charge is 0.315 e. The highest BCUT2D eigenvalue weighted by molar-refractivity contribution is 5.74. The Balaban J connectivity index is 1.78. The van der Waals surface area contributed by atoms with Crippen LogP contribution in [-0.4, -0.2) is 47.9 Å². The van der Waals surface area contributed by atoms with Gasteiger partial charge < -0.3 is 20.6 Å². The fraction of sp³-hybridized carbons (Fsp3) is 0.600. The van der Waals surface area contributed by atoms with E-state index in [0.717, 1.165) is 31.7 Å². The summed E-state index contributed by atoms with van der Waals surface area (Å²) in [6.07, 6.45) is 4.11. The van der Waals surface area contributed by atoms with Crippen LogP contribution in [0.1, 0.15) is 26.2 Å². The quantitative estimate of drug-likeness (QED) is 0.734. The molecular formula is C15H24N4O2. The Bertz CT molecular complexity index is 441. The molecule has 2 unspecified atom stereocenters. The Morgan fingerprint density at radius 1 is 1.57 bits per heavy atom. The molecule has 0 bridgehead atoms. The van der Waals surface area contributed by atoms with Crippen molar-refractivity contribution in [3.63, 3.8) is 0 Å². The van der Waals surface area contributed by atoms with Gasteiger partial charge in [-0.25, -0.2) is 9.78 Å². The minimum Gasteiger partial charge on any atom is -0.396 e. The molecule has 2 heterocycles. The van der Waals surface area contributed by atoms with Gasteiger partial charge in [0.15, 0.2) is 0 Å². The molecule has 1 fully saturated rings. The van der Waals surface area contributed by atoms with E-state index in [4.69, 9.17) is 5.11 Å². The van der Waals surface area contributed by atoms with Crippen LogP contribution in [0.25, 0.3) is 0 Å². The molecule has 1 aliphatic rings. The van der Waals surface area contributed by atoms with Crippen molar-refractivity contribution in [1.82, 2.24) is 15.6 Å². The number of rotatable bonds is 6. The third-order valence-electron chi connectivity index (χ3n) is 3.80. The van der Waals surface area contributed by atoms with Gasteiger partial charge in [0.05, 0.1) is 0 Å². The number of carbonyl (C=O) groups excluding carboxylic acids is 1. The number of hydrogen-bond donors (Lipinski definition) is 3. The predicted octanol–water partition coefficient (Wildman–Crippen LogP) is 1.12. The summed E-state index contributed by atoms with van der Waals surface area (Å²) in [5.74, 6) is 0.953. The van der Waals surface area contributed by atoms with Gasteiger partial charge in [-0.3, -0.25) is 0 Å². The van der Waals surface area contributed by atoms with E-state index in [1.807, 2.05) is 25.1 Å². The molecule has 0 spiro atoms. The normalized spacial score (nSPS) is 19.3. The number of hydrogen-bond acceptors (Lipinski definition) is 4. The van der Waals surface area contributed by atoms with Crippen molar-refractivity contribution in [2.75, 3.05) is 24.6 Å². The Labute approximate surface area is 125 Å². The first-order valence-electron chi connectivity index (χ1n) is 7.56. The number of pyridine rings is 1. The van der Waals surface area contributed by atoms with Crippen LogP contribution in [0.5, 0.6) is 0 Å². The molecule has 6 heteroatoms. The standard InChI is InChI=1S/C15H24N4O2/c1-2-12(7-10-20)17-15(21)18-13-6-9-19(11-13)14-5-3-4-8-16-14/h3-5,8,12-13,20H,2,6-7,9-11H2,1H3,(H2,17,18,21). The second-order valence-electron chi connectivity index (χ2n) is 5.35. The first-order valence-corrected chi connectivity index (χ1v) is 7.56. The monoisotopic (exact) mass is 292 g/mol. The molecule has 21 heavy (non-hydrogen) atoms. The van der Waals surface area contributed by atoms with Crippen molar-refractivity contribution in [3.05, 3.63) is 24.4 Å².